The van der Waals surface area contributed by atoms with E-state index in [-0.39, 0.29) is 47.6 Å². The Kier molecular flexibility index (Phi) is 9.14. The predicted molar refractivity (Wildman–Crippen MR) is 111 cm³/mol. The number of nitrogens with zero attached hydrogens (tertiary/aromatic N) is 2. The summed E-state index contributed by atoms with van der Waals surface area (Å²) in [6.07, 6.45) is 4.96. The van der Waals surface area contributed by atoms with E-state index in [2.05, 4.69) is 20.6 Å². The van der Waals surface area contributed by atoms with Crippen LogP contribution in [0.4, 0.5) is 14.7 Å². The summed E-state index contributed by atoms with van der Waals surface area (Å²) in [5, 5.41) is 12.9. The third-order valence-corrected chi connectivity index (χ3v) is 3.90. The van der Waals surface area contributed by atoms with E-state index >= 15 is 0 Å². The van der Waals surface area contributed by atoms with Crippen LogP contribution in [0.1, 0.15) is 12.5 Å². The molecule has 0 aliphatic carbocycles. The number of hydrogen-bond acceptors (Lipinski definition) is 10. The number of rotatable bonds is 12. The Morgan fingerprint density at radius 1 is 1.16 bits per heavy atom. The summed E-state index contributed by atoms with van der Waals surface area (Å²) in [6.45, 7) is 1.45. The molecule has 0 amide bonds. The quantitative estimate of drug-likeness (QED) is 0.329. The van der Waals surface area contributed by atoms with Crippen molar-refractivity contribution in [2.75, 3.05) is 32.7 Å². The molecule has 0 saturated heterocycles. The van der Waals surface area contributed by atoms with Crippen molar-refractivity contribution in [2.45, 2.75) is 13.5 Å². The van der Waals surface area contributed by atoms with Gasteiger partial charge in [0.05, 0.1) is 44.5 Å². The van der Waals surface area contributed by atoms with E-state index in [0.29, 0.717) is 0 Å². The molecule has 2 rings (SSSR count). The first kappa shape index (κ1) is 24.3. The first-order chi connectivity index (χ1) is 15.4. The van der Waals surface area contributed by atoms with Crippen LogP contribution in [0.5, 0.6) is 17.2 Å². The first-order valence-electron chi connectivity index (χ1n) is 9.33. The average molecular weight is 451 g/mol. The Morgan fingerprint density at radius 2 is 1.78 bits per heavy atom. The summed E-state index contributed by atoms with van der Waals surface area (Å²) in [4.78, 5) is 19.3. The molecule has 0 atom stereocenters. The molecule has 172 valence electrons. The number of ether oxygens (including phenoxy) is 4. The number of allylic oxidation sites excluding steroid dienone is 1. The fourth-order valence-corrected chi connectivity index (χ4v) is 2.37. The lowest BCUT2D eigenvalue weighted by atomic mass is 10.1. The van der Waals surface area contributed by atoms with Crippen molar-refractivity contribution >= 4 is 18.1 Å². The third-order valence-electron chi connectivity index (χ3n) is 3.90. The van der Waals surface area contributed by atoms with Crippen molar-refractivity contribution in [3.63, 3.8) is 0 Å². The minimum Gasteiger partial charge on any atom is -0.494 e. The largest absolute Gasteiger partial charge is 0.494 e. The summed E-state index contributed by atoms with van der Waals surface area (Å²) in [7, 11) is 2.51. The van der Waals surface area contributed by atoms with Gasteiger partial charge >= 0.3 is 5.97 Å². The maximum atomic E-state index is 14.4. The molecule has 0 radical (unpaired) electrons. The molecule has 0 aliphatic rings. The van der Waals surface area contributed by atoms with Crippen LogP contribution in [-0.2, 0) is 16.1 Å². The van der Waals surface area contributed by atoms with Crippen molar-refractivity contribution in [2.24, 2.45) is 0 Å². The van der Waals surface area contributed by atoms with E-state index in [4.69, 9.17) is 24.4 Å². The van der Waals surface area contributed by atoms with Crippen LogP contribution < -0.4 is 24.8 Å². The zero-order valence-corrected chi connectivity index (χ0v) is 17.7. The molecule has 32 heavy (non-hydrogen) atoms. The number of methoxy groups -OCH3 is 2. The van der Waals surface area contributed by atoms with Gasteiger partial charge in [-0.05, 0) is 6.92 Å². The van der Waals surface area contributed by atoms with Crippen molar-refractivity contribution in [3.8, 4) is 17.2 Å². The molecule has 0 saturated carbocycles. The molecule has 10 nitrogen and oxygen atoms in total. The van der Waals surface area contributed by atoms with E-state index in [1.54, 1.807) is 6.92 Å². The number of halogens is 2. The van der Waals surface area contributed by atoms with Crippen LogP contribution in [0.15, 0.2) is 30.4 Å². The van der Waals surface area contributed by atoms with Gasteiger partial charge in [-0.15, -0.1) is 0 Å². The zero-order chi connectivity index (χ0) is 23.5. The summed E-state index contributed by atoms with van der Waals surface area (Å²) < 4.78 is 48.7. The standard InChI is InChI=1S/C20H23F2N5O5/c1-4-31-17(28)10-24-7-12(6-23)27-20-25-8-13(9-26-20)32-11-14-18(21)15(29-2)5-16(30-3)19(14)22/h5-9,23-24H,4,10-11H2,1-3H3,(H,25,26,27)/b12-7+,23-6?. The summed E-state index contributed by atoms with van der Waals surface area (Å²) in [6, 6.07) is 1.10. The molecular weight excluding hydrogens is 428 g/mol. The molecule has 0 fully saturated rings. The maximum Gasteiger partial charge on any atom is 0.325 e. The fourth-order valence-electron chi connectivity index (χ4n) is 2.37. The normalized spacial score (nSPS) is 10.8. The lowest BCUT2D eigenvalue weighted by molar-refractivity contribution is -0.141. The third kappa shape index (κ3) is 6.52. The molecule has 1 heterocycles. The van der Waals surface area contributed by atoms with E-state index in [0.717, 1.165) is 12.3 Å². The van der Waals surface area contributed by atoms with Crippen LogP contribution in [0.25, 0.3) is 0 Å². The van der Waals surface area contributed by atoms with Crippen molar-refractivity contribution < 1.29 is 32.5 Å². The fraction of sp³-hybridized carbons (Fsp3) is 0.300. The Labute approximate surface area is 183 Å². The maximum absolute atomic E-state index is 14.4. The molecular formula is C20H23F2N5O5. The molecule has 0 unspecified atom stereocenters. The van der Waals surface area contributed by atoms with Gasteiger partial charge in [0.15, 0.2) is 28.9 Å². The summed E-state index contributed by atoms with van der Waals surface area (Å²) in [5.74, 6) is -2.32. The van der Waals surface area contributed by atoms with Gasteiger partial charge in [-0.1, -0.05) is 0 Å². The zero-order valence-electron chi connectivity index (χ0n) is 17.7. The monoisotopic (exact) mass is 451 g/mol. The highest BCUT2D eigenvalue weighted by Crippen LogP contribution is 2.31. The molecule has 0 aliphatic heterocycles. The van der Waals surface area contributed by atoms with Crippen molar-refractivity contribution in [3.05, 3.63) is 47.6 Å². The van der Waals surface area contributed by atoms with Crippen molar-refractivity contribution in [1.29, 1.82) is 5.41 Å². The number of anilines is 1. The van der Waals surface area contributed by atoms with Gasteiger partial charge in [0.25, 0.3) is 0 Å². The molecule has 1 aromatic heterocycles. The van der Waals surface area contributed by atoms with E-state index < -0.39 is 24.2 Å². The topological polar surface area (TPSA) is 128 Å². The molecule has 2 aromatic rings. The SMILES string of the molecule is CCOC(=O)CN/C=C(\C=N)Nc1ncc(OCc2c(F)c(OC)cc(OC)c2F)cn1. The van der Waals surface area contributed by atoms with Gasteiger partial charge in [-0.2, -0.15) is 0 Å². The second-order valence-electron chi connectivity index (χ2n) is 5.97. The smallest absolute Gasteiger partial charge is 0.325 e. The first-order valence-corrected chi connectivity index (χ1v) is 9.33. The number of hydrogen-bond donors (Lipinski definition) is 3. The Hall–Kier alpha value is -3.96. The number of aromatic nitrogens is 2. The molecule has 0 bridgehead atoms. The minimum absolute atomic E-state index is 0.0668. The number of carbonyl (C=O) groups is 1. The Morgan fingerprint density at radius 3 is 2.31 bits per heavy atom. The highest BCUT2D eigenvalue weighted by atomic mass is 19.1. The number of esters is 1. The number of carbonyl (C=O) groups excluding carboxylic acids is 1. The van der Waals surface area contributed by atoms with Gasteiger partial charge in [-0.3, -0.25) is 4.79 Å². The van der Waals surface area contributed by atoms with Gasteiger partial charge in [0.1, 0.15) is 13.2 Å². The predicted octanol–water partition coefficient (Wildman–Crippen LogP) is 2.41. The lowest BCUT2D eigenvalue weighted by Gasteiger charge is -2.13. The Balaban J connectivity index is 2.01. The Bertz CT molecular complexity index is 942. The minimum atomic E-state index is -0.902. The molecule has 12 heteroatoms. The second kappa shape index (κ2) is 12.0. The van der Waals surface area contributed by atoms with Crippen molar-refractivity contribution in [1.82, 2.24) is 15.3 Å². The molecule has 0 spiro atoms. The number of benzene rings is 1. The van der Waals surface area contributed by atoms with Gasteiger partial charge in [0, 0.05) is 18.5 Å². The van der Waals surface area contributed by atoms with Crippen LogP contribution in [0, 0.1) is 17.0 Å². The van der Waals surface area contributed by atoms with Gasteiger partial charge in [0.2, 0.25) is 5.95 Å². The van der Waals surface area contributed by atoms with Gasteiger partial charge in [-0.25, -0.2) is 18.7 Å². The van der Waals surface area contributed by atoms with E-state index in [9.17, 15) is 13.6 Å². The van der Waals surface area contributed by atoms with E-state index in [1.807, 2.05) is 0 Å². The summed E-state index contributed by atoms with van der Waals surface area (Å²) >= 11 is 0. The highest BCUT2D eigenvalue weighted by Gasteiger charge is 2.20. The van der Waals surface area contributed by atoms with Crippen LogP contribution in [0.2, 0.25) is 0 Å². The average Bonchev–Trinajstić information content (AvgIpc) is 2.79. The van der Waals surface area contributed by atoms with Crippen LogP contribution in [0.3, 0.4) is 0 Å². The lowest BCUT2D eigenvalue weighted by Crippen LogP contribution is -2.21. The van der Waals surface area contributed by atoms with Crippen LogP contribution in [-0.4, -0.2) is 49.5 Å². The van der Waals surface area contributed by atoms with E-state index in [1.165, 1.54) is 32.8 Å². The highest BCUT2D eigenvalue weighted by molar-refractivity contribution is 5.79. The summed E-state index contributed by atoms with van der Waals surface area (Å²) in [5.41, 5.74) is -0.0966. The second-order valence-corrected chi connectivity index (χ2v) is 5.97. The van der Waals surface area contributed by atoms with Gasteiger partial charge < -0.3 is 35.0 Å². The number of nitrogens with one attached hydrogen (secondary N) is 3. The molecule has 3 N–H and O–H groups in total. The van der Waals surface area contributed by atoms with Crippen LogP contribution >= 0.6 is 0 Å². The molecule has 1 aromatic carbocycles.